The van der Waals surface area contributed by atoms with Gasteiger partial charge in [-0.3, -0.25) is 9.80 Å². The summed E-state index contributed by atoms with van der Waals surface area (Å²) in [5, 5.41) is 10.1. The second kappa shape index (κ2) is 7.75. The van der Waals surface area contributed by atoms with Crippen molar-refractivity contribution >= 4 is 0 Å². The van der Waals surface area contributed by atoms with Crippen molar-refractivity contribution in [3.63, 3.8) is 0 Å². The molecule has 1 spiro atoms. The molecule has 2 heterocycles. The highest BCUT2D eigenvalue weighted by Gasteiger charge is 2.47. The normalized spacial score (nSPS) is 30.7. The van der Waals surface area contributed by atoms with Gasteiger partial charge in [0.05, 0.1) is 19.3 Å². The Bertz CT molecular complexity index is 613. The number of hydrogen-bond acceptors (Lipinski definition) is 5. The van der Waals surface area contributed by atoms with E-state index in [1.165, 1.54) is 51.6 Å². The van der Waals surface area contributed by atoms with Crippen LogP contribution < -0.4 is 4.74 Å². The summed E-state index contributed by atoms with van der Waals surface area (Å²) in [5.41, 5.74) is 1.13. The van der Waals surface area contributed by atoms with Crippen LogP contribution in [0.1, 0.15) is 44.1 Å². The highest BCUT2D eigenvalue weighted by molar-refractivity contribution is 5.41. The van der Waals surface area contributed by atoms with E-state index in [9.17, 15) is 5.11 Å². The molecule has 1 N–H and O–H groups in total. The molecule has 0 amide bonds. The molecule has 4 rings (SSSR count). The van der Waals surface area contributed by atoms with Crippen molar-refractivity contribution in [2.75, 3.05) is 39.9 Å². The van der Waals surface area contributed by atoms with Crippen molar-refractivity contribution in [1.82, 2.24) is 9.80 Å². The quantitative estimate of drug-likeness (QED) is 0.894. The van der Waals surface area contributed by atoms with E-state index >= 15 is 0 Å². The third kappa shape index (κ3) is 3.57. The molecule has 26 heavy (non-hydrogen) atoms. The molecule has 1 aliphatic carbocycles. The first kappa shape index (κ1) is 18.1. The number of phenolic OH excluding ortho intramolecular Hbond substituents is 1. The minimum absolute atomic E-state index is 0.00461. The smallest absolute Gasteiger partial charge is 0.160 e. The summed E-state index contributed by atoms with van der Waals surface area (Å²) in [6, 6.07) is 6.32. The van der Waals surface area contributed by atoms with E-state index < -0.39 is 0 Å². The standard InChI is InChI=1S/C21H32N2O3/c1-25-19-8-7-17(14-18(19)24)15-22-12-13-26-21(16-22)9-3-2-6-20(21)23-10-4-5-11-23/h7-8,14,20,24H,2-6,9-13,15-16H2,1H3/t20-,21-/m0/s1. The van der Waals surface area contributed by atoms with E-state index in [4.69, 9.17) is 9.47 Å². The van der Waals surface area contributed by atoms with Crippen LogP contribution in [0.5, 0.6) is 11.5 Å². The molecule has 0 aromatic heterocycles. The van der Waals surface area contributed by atoms with Crippen molar-refractivity contribution in [2.45, 2.75) is 56.7 Å². The van der Waals surface area contributed by atoms with Gasteiger partial charge in [-0.2, -0.15) is 0 Å². The zero-order valence-corrected chi connectivity index (χ0v) is 16.0. The Morgan fingerprint density at radius 3 is 2.81 bits per heavy atom. The van der Waals surface area contributed by atoms with Crippen molar-refractivity contribution in [3.8, 4) is 11.5 Å². The van der Waals surface area contributed by atoms with Crippen LogP contribution in [0.4, 0.5) is 0 Å². The molecule has 5 heteroatoms. The van der Waals surface area contributed by atoms with Gasteiger partial charge in [-0.1, -0.05) is 18.9 Å². The molecule has 144 valence electrons. The fraction of sp³-hybridized carbons (Fsp3) is 0.714. The minimum Gasteiger partial charge on any atom is -0.504 e. The predicted molar refractivity (Wildman–Crippen MR) is 102 cm³/mol. The number of phenols is 1. The van der Waals surface area contributed by atoms with Gasteiger partial charge in [0.25, 0.3) is 0 Å². The van der Waals surface area contributed by atoms with Crippen LogP contribution in [-0.4, -0.2) is 66.4 Å². The van der Waals surface area contributed by atoms with Gasteiger partial charge in [-0.05, 0) is 56.5 Å². The molecule has 1 aromatic carbocycles. The van der Waals surface area contributed by atoms with Gasteiger partial charge in [-0.25, -0.2) is 0 Å². The minimum atomic E-state index is -0.00461. The van der Waals surface area contributed by atoms with Gasteiger partial charge >= 0.3 is 0 Å². The Morgan fingerprint density at radius 1 is 1.19 bits per heavy atom. The largest absolute Gasteiger partial charge is 0.504 e. The lowest BCUT2D eigenvalue weighted by atomic mass is 9.78. The van der Waals surface area contributed by atoms with Crippen LogP contribution in [0.25, 0.3) is 0 Å². The SMILES string of the molecule is COc1ccc(CN2CCO[C@@]3(CCCC[C@@H]3N3CCCC3)C2)cc1O. The average molecular weight is 360 g/mol. The van der Waals surface area contributed by atoms with E-state index in [0.717, 1.165) is 31.8 Å². The summed E-state index contributed by atoms with van der Waals surface area (Å²) < 4.78 is 11.7. The molecule has 2 atom stereocenters. The summed E-state index contributed by atoms with van der Waals surface area (Å²) in [6.07, 6.45) is 7.73. The molecule has 1 saturated carbocycles. The van der Waals surface area contributed by atoms with Gasteiger partial charge in [0.15, 0.2) is 11.5 Å². The van der Waals surface area contributed by atoms with Crippen LogP contribution in [0.3, 0.4) is 0 Å². The number of likely N-dealkylation sites (tertiary alicyclic amines) is 1. The Labute approximate surface area is 156 Å². The fourth-order valence-electron chi connectivity index (χ4n) is 5.22. The molecule has 0 unspecified atom stereocenters. The van der Waals surface area contributed by atoms with Crippen LogP contribution >= 0.6 is 0 Å². The number of ether oxygens (including phenoxy) is 2. The summed E-state index contributed by atoms with van der Waals surface area (Å²) in [5.74, 6) is 0.758. The first-order valence-corrected chi connectivity index (χ1v) is 10.2. The number of morpholine rings is 1. The number of nitrogens with zero attached hydrogens (tertiary/aromatic N) is 2. The molecular formula is C21H32N2O3. The van der Waals surface area contributed by atoms with Gasteiger partial charge in [0.1, 0.15) is 0 Å². The zero-order chi connectivity index (χ0) is 18.0. The predicted octanol–water partition coefficient (Wildman–Crippen LogP) is 3.01. The topological polar surface area (TPSA) is 45.2 Å². The van der Waals surface area contributed by atoms with Gasteiger partial charge in [0.2, 0.25) is 0 Å². The van der Waals surface area contributed by atoms with Crippen molar-refractivity contribution in [2.24, 2.45) is 0 Å². The van der Waals surface area contributed by atoms with E-state index in [-0.39, 0.29) is 11.4 Å². The van der Waals surface area contributed by atoms with Crippen molar-refractivity contribution in [3.05, 3.63) is 23.8 Å². The molecule has 0 bridgehead atoms. The van der Waals surface area contributed by atoms with Crippen LogP contribution in [0, 0.1) is 0 Å². The molecular weight excluding hydrogens is 328 g/mol. The number of benzene rings is 1. The van der Waals surface area contributed by atoms with Crippen LogP contribution in [0.15, 0.2) is 18.2 Å². The molecule has 1 aromatic rings. The van der Waals surface area contributed by atoms with Crippen molar-refractivity contribution < 1.29 is 14.6 Å². The number of rotatable bonds is 4. The Hall–Kier alpha value is -1.30. The first-order chi connectivity index (χ1) is 12.7. The average Bonchev–Trinajstić information content (AvgIpc) is 3.17. The Kier molecular flexibility index (Phi) is 5.39. The zero-order valence-electron chi connectivity index (χ0n) is 16.0. The fourth-order valence-corrected chi connectivity index (χ4v) is 5.22. The molecule has 5 nitrogen and oxygen atoms in total. The molecule has 2 saturated heterocycles. The summed E-state index contributed by atoms with van der Waals surface area (Å²) in [4.78, 5) is 5.21. The summed E-state index contributed by atoms with van der Waals surface area (Å²) in [7, 11) is 1.59. The lowest BCUT2D eigenvalue weighted by molar-refractivity contribution is -0.165. The monoisotopic (exact) mass is 360 g/mol. The summed E-state index contributed by atoms with van der Waals surface area (Å²) in [6.45, 7) is 6.11. The molecule has 0 radical (unpaired) electrons. The first-order valence-electron chi connectivity index (χ1n) is 10.2. The highest BCUT2D eigenvalue weighted by Crippen LogP contribution is 2.39. The van der Waals surface area contributed by atoms with Gasteiger partial charge in [-0.15, -0.1) is 0 Å². The maximum atomic E-state index is 10.1. The summed E-state index contributed by atoms with van der Waals surface area (Å²) >= 11 is 0. The molecule has 3 aliphatic rings. The lowest BCUT2D eigenvalue weighted by Crippen LogP contribution is -2.63. The Morgan fingerprint density at radius 2 is 2.04 bits per heavy atom. The third-order valence-corrected chi connectivity index (χ3v) is 6.45. The molecule has 2 aliphatic heterocycles. The van der Waals surface area contributed by atoms with Gasteiger partial charge < -0.3 is 14.6 Å². The number of aromatic hydroxyl groups is 1. The maximum Gasteiger partial charge on any atom is 0.160 e. The second-order valence-corrected chi connectivity index (χ2v) is 8.13. The van der Waals surface area contributed by atoms with E-state index in [1.807, 2.05) is 12.1 Å². The van der Waals surface area contributed by atoms with Crippen LogP contribution in [-0.2, 0) is 11.3 Å². The van der Waals surface area contributed by atoms with E-state index in [0.29, 0.717) is 11.8 Å². The Balaban J connectivity index is 1.48. The third-order valence-electron chi connectivity index (χ3n) is 6.45. The second-order valence-electron chi connectivity index (χ2n) is 8.13. The van der Waals surface area contributed by atoms with E-state index in [1.54, 1.807) is 7.11 Å². The maximum absolute atomic E-state index is 10.1. The lowest BCUT2D eigenvalue weighted by Gasteiger charge is -2.52. The van der Waals surface area contributed by atoms with Crippen LogP contribution in [0.2, 0.25) is 0 Å². The van der Waals surface area contributed by atoms with E-state index in [2.05, 4.69) is 15.9 Å². The van der Waals surface area contributed by atoms with Gasteiger partial charge in [0, 0.05) is 25.7 Å². The molecule has 3 fully saturated rings. The number of hydrogen-bond donors (Lipinski definition) is 1. The van der Waals surface area contributed by atoms with Crippen molar-refractivity contribution in [1.29, 1.82) is 0 Å². The number of methoxy groups -OCH3 is 1. The highest BCUT2D eigenvalue weighted by atomic mass is 16.5.